The first-order valence-electron chi connectivity index (χ1n) is 15.8. The van der Waals surface area contributed by atoms with Crippen LogP contribution in [0.5, 0.6) is 0 Å². The van der Waals surface area contributed by atoms with E-state index in [9.17, 15) is 14.4 Å². The number of carbonyl (C=O) groups excluding carboxylic acids is 3. The van der Waals surface area contributed by atoms with Gasteiger partial charge in [0.25, 0.3) is 5.91 Å². The van der Waals surface area contributed by atoms with Crippen molar-refractivity contribution in [2.75, 3.05) is 32.7 Å². The van der Waals surface area contributed by atoms with Gasteiger partial charge in [0.05, 0.1) is 6.04 Å². The minimum Gasteiger partial charge on any atom is -0.350 e. The molecule has 2 saturated heterocycles. The van der Waals surface area contributed by atoms with E-state index in [1.54, 1.807) is 0 Å². The topological polar surface area (TPSA) is 81.8 Å². The van der Waals surface area contributed by atoms with Crippen LogP contribution in [0.25, 0.3) is 10.8 Å². The Balaban J connectivity index is 1.26. The summed E-state index contributed by atoms with van der Waals surface area (Å²) >= 11 is 6.11. The Morgan fingerprint density at radius 2 is 1.72 bits per heavy atom. The van der Waals surface area contributed by atoms with Crippen LogP contribution in [0.3, 0.4) is 0 Å². The van der Waals surface area contributed by atoms with E-state index in [1.165, 1.54) is 12.0 Å². The van der Waals surface area contributed by atoms with Gasteiger partial charge in [-0.15, -0.1) is 0 Å². The van der Waals surface area contributed by atoms with Crippen molar-refractivity contribution in [3.8, 4) is 0 Å². The maximum Gasteiger partial charge on any atom is 0.251 e. The number of halogens is 1. The van der Waals surface area contributed by atoms with Crippen LogP contribution in [0.2, 0.25) is 5.02 Å². The minimum atomic E-state index is -0.475. The third-order valence-corrected chi connectivity index (χ3v) is 9.16. The van der Waals surface area contributed by atoms with Crippen LogP contribution in [0.1, 0.15) is 73.7 Å². The molecule has 0 spiro atoms. The van der Waals surface area contributed by atoms with E-state index in [0.29, 0.717) is 49.5 Å². The van der Waals surface area contributed by atoms with Gasteiger partial charge < -0.3 is 20.4 Å². The predicted octanol–water partition coefficient (Wildman–Crippen LogP) is 5.77. The molecule has 0 saturated carbocycles. The first kappa shape index (κ1) is 31.0. The van der Waals surface area contributed by atoms with Crippen molar-refractivity contribution in [1.82, 2.24) is 20.4 Å². The molecule has 2 heterocycles. The lowest BCUT2D eigenvalue weighted by atomic mass is 9.95. The van der Waals surface area contributed by atoms with Crippen molar-refractivity contribution < 1.29 is 14.4 Å². The van der Waals surface area contributed by atoms with Gasteiger partial charge in [-0.3, -0.25) is 14.4 Å². The zero-order valence-electron chi connectivity index (χ0n) is 25.1. The monoisotopic (exact) mass is 602 g/mol. The summed E-state index contributed by atoms with van der Waals surface area (Å²) in [7, 11) is 0. The van der Waals surface area contributed by atoms with E-state index in [2.05, 4.69) is 29.7 Å². The van der Waals surface area contributed by atoms with Gasteiger partial charge in [0.1, 0.15) is 0 Å². The second kappa shape index (κ2) is 14.8. The Hall–Kier alpha value is -3.42. The van der Waals surface area contributed by atoms with Crippen molar-refractivity contribution in [2.45, 2.75) is 69.9 Å². The maximum atomic E-state index is 13.9. The quantitative estimate of drug-likeness (QED) is 0.309. The molecule has 0 unspecified atom stereocenters. The van der Waals surface area contributed by atoms with Gasteiger partial charge in [-0.2, -0.15) is 0 Å². The Morgan fingerprint density at radius 3 is 2.49 bits per heavy atom. The molecule has 228 valence electrons. The summed E-state index contributed by atoms with van der Waals surface area (Å²) in [6.45, 7) is 5.41. The molecule has 8 heteroatoms. The van der Waals surface area contributed by atoms with Crippen LogP contribution in [0.15, 0.2) is 66.7 Å². The maximum absolute atomic E-state index is 13.9. The van der Waals surface area contributed by atoms with E-state index >= 15 is 0 Å². The second-order valence-corrected chi connectivity index (χ2v) is 12.3. The second-order valence-electron chi connectivity index (χ2n) is 11.9. The average Bonchev–Trinajstić information content (AvgIpc) is 3.19. The number of likely N-dealkylation sites (tertiary alicyclic amines) is 1. The SMILES string of the molecule is CC[C@@H](CN1CC[C@H](CNC(=O)c2ccc3cc(Cl)ccc3c2)N[C@H](CCC(=O)N2CCCCC2)C1=O)c1ccccc1. The Kier molecular flexibility index (Phi) is 10.7. The predicted molar refractivity (Wildman–Crippen MR) is 172 cm³/mol. The number of benzene rings is 3. The van der Waals surface area contributed by atoms with Crippen LogP contribution in [-0.4, -0.2) is 72.3 Å². The van der Waals surface area contributed by atoms with Crippen molar-refractivity contribution in [3.05, 3.63) is 82.9 Å². The van der Waals surface area contributed by atoms with E-state index in [1.807, 2.05) is 64.4 Å². The lowest BCUT2D eigenvalue weighted by Crippen LogP contribution is -2.49. The summed E-state index contributed by atoms with van der Waals surface area (Å²) in [5.41, 5.74) is 1.81. The molecule has 0 aliphatic carbocycles. The molecule has 2 N–H and O–H groups in total. The van der Waals surface area contributed by atoms with Crippen LogP contribution in [-0.2, 0) is 9.59 Å². The number of fused-ring (bicyclic) bond motifs is 1. The summed E-state index contributed by atoms with van der Waals surface area (Å²) in [4.78, 5) is 44.0. The fourth-order valence-corrected chi connectivity index (χ4v) is 6.52. The molecule has 5 rings (SSSR count). The molecule has 3 atom stereocenters. The molecular formula is C35H43ClN4O3. The molecule has 7 nitrogen and oxygen atoms in total. The highest BCUT2D eigenvalue weighted by Crippen LogP contribution is 2.24. The van der Waals surface area contributed by atoms with Gasteiger partial charge >= 0.3 is 0 Å². The van der Waals surface area contributed by atoms with Crippen LogP contribution < -0.4 is 10.6 Å². The summed E-state index contributed by atoms with van der Waals surface area (Å²) in [5.74, 6) is 0.254. The highest BCUT2D eigenvalue weighted by Gasteiger charge is 2.33. The fourth-order valence-electron chi connectivity index (χ4n) is 6.34. The van der Waals surface area contributed by atoms with Crippen molar-refractivity contribution >= 4 is 40.1 Å². The van der Waals surface area contributed by atoms with E-state index < -0.39 is 6.04 Å². The molecular weight excluding hydrogens is 560 g/mol. The molecule has 2 aliphatic heterocycles. The number of hydrogen-bond donors (Lipinski definition) is 2. The number of nitrogens with one attached hydrogen (secondary N) is 2. The highest BCUT2D eigenvalue weighted by atomic mass is 35.5. The molecule has 0 bridgehead atoms. The molecule has 3 aromatic rings. The largest absolute Gasteiger partial charge is 0.350 e. The molecule has 0 aromatic heterocycles. The standard InChI is InChI=1S/C35H43ClN4O3/c1-2-25(26-9-5-3-6-10-26)24-40-20-17-31(38-32(35(40)43)15-16-33(41)39-18-7-4-8-19-39)23-37-34(42)29-12-11-28-22-30(36)14-13-27(28)21-29/h3,5-6,9-14,21-22,25,31-32,38H,2,4,7-8,15-20,23-24H2,1H3,(H,37,42)/t25-,31+,32+/m0/s1. The molecule has 2 fully saturated rings. The molecule has 0 radical (unpaired) electrons. The lowest BCUT2D eigenvalue weighted by Gasteiger charge is -2.30. The third-order valence-electron chi connectivity index (χ3n) is 8.93. The van der Waals surface area contributed by atoms with Gasteiger partial charge in [0.15, 0.2) is 0 Å². The fraction of sp³-hybridized carbons (Fsp3) is 0.457. The first-order valence-corrected chi connectivity index (χ1v) is 16.1. The van der Waals surface area contributed by atoms with E-state index in [-0.39, 0.29) is 29.7 Å². The average molecular weight is 603 g/mol. The number of amides is 3. The number of rotatable bonds is 10. The first-order chi connectivity index (χ1) is 20.9. The number of carbonyl (C=O) groups is 3. The van der Waals surface area contributed by atoms with Crippen molar-refractivity contribution in [3.63, 3.8) is 0 Å². The molecule has 2 aliphatic rings. The van der Waals surface area contributed by atoms with Gasteiger partial charge in [0, 0.05) is 61.7 Å². The number of nitrogens with zero attached hydrogens (tertiary/aromatic N) is 2. The third kappa shape index (κ3) is 8.15. The zero-order chi connectivity index (χ0) is 30.2. The summed E-state index contributed by atoms with van der Waals surface area (Å²) in [5, 5.41) is 9.22. The van der Waals surface area contributed by atoms with Gasteiger partial charge in [-0.05, 0) is 79.1 Å². The van der Waals surface area contributed by atoms with E-state index in [4.69, 9.17) is 11.6 Å². The molecule has 3 aromatic carbocycles. The van der Waals surface area contributed by atoms with Crippen LogP contribution in [0.4, 0.5) is 0 Å². The Bertz CT molecular complexity index is 1410. The van der Waals surface area contributed by atoms with E-state index in [0.717, 1.165) is 43.1 Å². The smallest absolute Gasteiger partial charge is 0.251 e. The normalized spacial score (nSPS) is 20.1. The summed E-state index contributed by atoms with van der Waals surface area (Å²) in [6.07, 6.45) is 5.69. The van der Waals surface area contributed by atoms with Gasteiger partial charge in [-0.1, -0.05) is 61.0 Å². The van der Waals surface area contributed by atoms with Crippen molar-refractivity contribution in [2.24, 2.45) is 0 Å². The molecule has 3 amide bonds. The summed E-state index contributed by atoms with van der Waals surface area (Å²) < 4.78 is 0. The van der Waals surface area contributed by atoms with Gasteiger partial charge in [0.2, 0.25) is 11.8 Å². The van der Waals surface area contributed by atoms with Crippen molar-refractivity contribution in [1.29, 1.82) is 0 Å². The lowest BCUT2D eigenvalue weighted by molar-refractivity contribution is -0.134. The number of hydrogen-bond acceptors (Lipinski definition) is 4. The Labute approximate surface area is 259 Å². The zero-order valence-corrected chi connectivity index (χ0v) is 25.8. The van der Waals surface area contributed by atoms with Crippen LogP contribution >= 0.6 is 11.6 Å². The van der Waals surface area contributed by atoms with Gasteiger partial charge in [-0.25, -0.2) is 0 Å². The summed E-state index contributed by atoms with van der Waals surface area (Å²) in [6, 6.07) is 21.0. The highest BCUT2D eigenvalue weighted by molar-refractivity contribution is 6.31. The number of piperidine rings is 1. The Morgan fingerprint density at radius 1 is 0.977 bits per heavy atom. The molecule has 43 heavy (non-hydrogen) atoms. The van der Waals surface area contributed by atoms with Crippen LogP contribution in [0, 0.1) is 0 Å². The minimum absolute atomic E-state index is 0.0443.